The average molecular weight is 525 g/mol. The first kappa shape index (κ1) is 24.9. The lowest BCUT2D eigenvalue weighted by Gasteiger charge is -2.36. The van der Waals surface area contributed by atoms with Crippen LogP contribution >= 0.6 is 0 Å². The zero-order valence-corrected chi connectivity index (χ0v) is 20.7. The second-order valence-corrected chi connectivity index (χ2v) is 11.7. The summed E-state index contributed by atoms with van der Waals surface area (Å²) in [7, 11) is -3.70. The van der Waals surface area contributed by atoms with Gasteiger partial charge in [-0.1, -0.05) is 6.07 Å². The molecule has 7 nitrogen and oxygen atoms in total. The standard InChI is InChI=1S/C25H27F3N2O5S/c1-15(25(26,27)28)35-23-8-7-21(36(2,32)33)10-22(23)24(31)29-11-16-3-4-18(9-17(16)12-29)30-19-5-6-20(30)14-34-13-19/h3-4,7-10,15,19-20H,5-6,11-14H2,1-2H3/t15-,19-,20+/m0/s1. The molecule has 2 aromatic carbocycles. The van der Waals surface area contributed by atoms with E-state index in [4.69, 9.17) is 9.47 Å². The highest BCUT2D eigenvalue weighted by atomic mass is 32.2. The molecule has 36 heavy (non-hydrogen) atoms. The van der Waals surface area contributed by atoms with Crippen molar-refractivity contribution in [3.8, 4) is 5.75 Å². The number of fused-ring (bicyclic) bond motifs is 3. The minimum Gasteiger partial charge on any atom is -0.480 e. The van der Waals surface area contributed by atoms with Crippen molar-refractivity contribution in [1.82, 2.24) is 4.90 Å². The van der Waals surface area contributed by atoms with Gasteiger partial charge in [0, 0.05) is 25.0 Å². The first-order valence-electron chi connectivity index (χ1n) is 11.8. The van der Waals surface area contributed by atoms with Crippen molar-refractivity contribution in [1.29, 1.82) is 0 Å². The van der Waals surface area contributed by atoms with Crippen LogP contribution < -0.4 is 9.64 Å². The highest BCUT2D eigenvalue weighted by molar-refractivity contribution is 7.90. The summed E-state index contributed by atoms with van der Waals surface area (Å²) in [5.41, 5.74) is 2.75. The van der Waals surface area contributed by atoms with Gasteiger partial charge in [0.25, 0.3) is 5.91 Å². The highest BCUT2D eigenvalue weighted by Gasteiger charge is 2.40. The van der Waals surface area contributed by atoms with Crippen LogP contribution in [-0.4, -0.2) is 63.1 Å². The number of carbonyl (C=O) groups excluding carboxylic acids is 1. The van der Waals surface area contributed by atoms with E-state index in [0.717, 1.165) is 61.0 Å². The number of morpholine rings is 1. The van der Waals surface area contributed by atoms with Crippen LogP contribution in [0.15, 0.2) is 41.3 Å². The number of anilines is 1. The number of alkyl halides is 3. The number of ether oxygens (including phenoxy) is 2. The summed E-state index contributed by atoms with van der Waals surface area (Å²) >= 11 is 0. The number of amides is 1. The Morgan fingerprint density at radius 1 is 1.06 bits per heavy atom. The lowest BCUT2D eigenvalue weighted by Crippen LogP contribution is -2.45. The number of halogens is 3. The zero-order chi connectivity index (χ0) is 25.8. The van der Waals surface area contributed by atoms with Gasteiger partial charge in [0.2, 0.25) is 0 Å². The monoisotopic (exact) mass is 524 g/mol. The van der Waals surface area contributed by atoms with Crippen molar-refractivity contribution in [2.75, 3.05) is 24.4 Å². The molecule has 0 aliphatic carbocycles. The Hall–Kier alpha value is -2.79. The Labute approximate surface area is 207 Å². The van der Waals surface area contributed by atoms with E-state index < -0.39 is 28.0 Å². The molecule has 194 valence electrons. The maximum absolute atomic E-state index is 13.5. The second kappa shape index (κ2) is 8.95. The molecule has 0 N–H and O–H groups in total. The first-order chi connectivity index (χ1) is 16.9. The minimum atomic E-state index is -4.64. The van der Waals surface area contributed by atoms with Crippen LogP contribution in [0.2, 0.25) is 0 Å². The summed E-state index contributed by atoms with van der Waals surface area (Å²) in [4.78, 5) is 17.2. The fourth-order valence-electron chi connectivity index (χ4n) is 5.17. The number of nitrogens with zero attached hydrogens (tertiary/aromatic N) is 2. The van der Waals surface area contributed by atoms with Crippen LogP contribution in [0.3, 0.4) is 0 Å². The molecule has 0 spiro atoms. The molecular weight excluding hydrogens is 497 g/mol. The number of rotatable bonds is 5. The summed E-state index contributed by atoms with van der Waals surface area (Å²) in [6, 6.07) is 10.1. The third kappa shape index (κ3) is 4.66. The van der Waals surface area contributed by atoms with Crippen LogP contribution in [0, 0.1) is 0 Å². The maximum Gasteiger partial charge on any atom is 0.425 e. The molecule has 1 amide bonds. The predicted molar refractivity (Wildman–Crippen MR) is 126 cm³/mol. The molecular formula is C25H27F3N2O5S. The van der Waals surface area contributed by atoms with Gasteiger partial charge in [0.15, 0.2) is 15.9 Å². The van der Waals surface area contributed by atoms with Crippen molar-refractivity contribution in [2.24, 2.45) is 0 Å². The van der Waals surface area contributed by atoms with E-state index in [2.05, 4.69) is 11.0 Å². The second-order valence-electron chi connectivity index (χ2n) is 9.68. The van der Waals surface area contributed by atoms with Crippen molar-refractivity contribution in [2.45, 2.75) is 62.1 Å². The van der Waals surface area contributed by atoms with Gasteiger partial charge in [-0.2, -0.15) is 13.2 Å². The van der Waals surface area contributed by atoms with Gasteiger partial charge in [-0.3, -0.25) is 4.79 Å². The smallest absolute Gasteiger partial charge is 0.425 e. The van der Waals surface area contributed by atoms with E-state index in [0.29, 0.717) is 25.3 Å². The third-order valence-electron chi connectivity index (χ3n) is 7.11. The van der Waals surface area contributed by atoms with Crippen LogP contribution in [0.4, 0.5) is 18.9 Å². The van der Waals surface area contributed by atoms with Gasteiger partial charge in [-0.15, -0.1) is 0 Å². The summed E-state index contributed by atoms with van der Waals surface area (Å²) in [6.45, 7) is 2.74. The molecule has 0 radical (unpaired) electrons. The molecule has 0 aromatic heterocycles. The Kier molecular flexibility index (Phi) is 6.19. The van der Waals surface area contributed by atoms with E-state index in [-0.39, 0.29) is 29.3 Å². The molecule has 3 atom stereocenters. The Bertz CT molecular complexity index is 1280. The van der Waals surface area contributed by atoms with Crippen molar-refractivity contribution < 1.29 is 35.9 Å². The molecule has 3 heterocycles. The largest absolute Gasteiger partial charge is 0.480 e. The van der Waals surface area contributed by atoms with Gasteiger partial charge in [-0.25, -0.2) is 8.42 Å². The van der Waals surface area contributed by atoms with E-state index in [1.54, 1.807) is 0 Å². The van der Waals surface area contributed by atoms with Crippen LogP contribution in [-0.2, 0) is 27.7 Å². The predicted octanol–water partition coefficient (Wildman–Crippen LogP) is 3.94. The average Bonchev–Trinajstić information content (AvgIpc) is 3.34. The lowest BCUT2D eigenvalue weighted by molar-refractivity contribution is -0.189. The van der Waals surface area contributed by atoms with Gasteiger partial charge in [0.1, 0.15) is 5.75 Å². The number of sulfone groups is 1. The van der Waals surface area contributed by atoms with E-state index in [1.807, 2.05) is 12.1 Å². The van der Waals surface area contributed by atoms with Crippen LogP contribution in [0.1, 0.15) is 41.3 Å². The molecule has 3 aliphatic rings. The first-order valence-corrected chi connectivity index (χ1v) is 13.7. The van der Waals surface area contributed by atoms with E-state index >= 15 is 0 Å². The van der Waals surface area contributed by atoms with Gasteiger partial charge in [0.05, 0.1) is 35.8 Å². The Morgan fingerprint density at radius 3 is 2.36 bits per heavy atom. The molecule has 0 unspecified atom stereocenters. The minimum absolute atomic E-state index is 0.167. The van der Waals surface area contributed by atoms with Crippen molar-refractivity contribution >= 4 is 21.4 Å². The lowest BCUT2D eigenvalue weighted by atomic mass is 10.1. The fraction of sp³-hybridized carbons (Fsp3) is 0.480. The van der Waals surface area contributed by atoms with Crippen LogP contribution in [0.25, 0.3) is 0 Å². The Morgan fingerprint density at radius 2 is 1.72 bits per heavy atom. The summed E-state index contributed by atoms with van der Waals surface area (Å²) in [6.07, 6.45) is -3.70. The number of carbonyl (C=O) groups is 1. The Balaban J connectivity index is 1.42. The van der Waals surface area contributed by atoms with Gasteiger partial charge < -0.3 is 19.3 Å². The highest BCUT2D eigenvalue weighted by Crippen LogP contribution is 2.37. The fourth-order valence-corrected chi connectivity index (χ4v) is 5.82. The quantitative estimate of drug-likeness (QED) is 0.590. The van der Waals surface area contributed by atoms with Crippen molar-refractivity contribution in [3.63, 3.8) is 0 Å². The molecule has 2 aromatic rings. The maximum atomic E-state index is 13.5. The molecule has 2 bridgehead atoms. The third-order valence-corrected chi connectivity index (χ3v) is 8.22. The van der Waals surface area contributed by atoms with E-state index in [9.17, 15) is 26.4 Å². The van der Waals surface area contributed by atoms with Crippen molar-refractivity contribution in [3.05, 3.63) is 53.1 Å². The number of hydrogen-bond acceptors (Lipinski definition) is 6. The van der Waals surface area contributed by atoms with Gasteiger partial charge >= 0.3 is 6.18 Å². The van der Waals surface area contributed by atoms with E-state index in [1.165, 1.54) is 4.90 Å². The molecule has 0 saturated carbocycles. The van der Waals surface area contributed by atoms with Gasteiger partial charge in [-0.05, 0) is 61.2 Å². The zero-order valence-electron chi connectivity index (χ0n) is 19.9. The normalized spacial score (nSPS) is 22.5. The number of hydrogen-bond donors (Lipinski definition) is 0. The number of benzene rings is 2. The summed E-state index contributed by atoms with van der Waals surface area (Å²) < 4.78 is 74.3. The SMILES string of the molecule is C[C@H](Oc1ccc(S(C)(=O)=O)cc1C(=O)N1Cc2ccc(N3[C@@H]4CC[C@H]3COC4)cc2C1)C(F)(F)F. The summed E-state index contributed by atoms with van der Waals surface area (Å²) in [5.74, 6) is -0.896. The summed E-state index contributed by atoms with van der Waals surface area (Å²) in [5, 5.41) is 0. The molecule has 2 saturated heterocycles. The molecule has 11 heteroatoms. The molecule has 3 aliphatic heterocycles. The van der Waals surface area contributed by atoms with Crippen LogP contribution in [0.5, 0.6) is 5.75 Å². The molecule has 2 fully saturated rings. The topological polar surface area (TPSA) is 76.2 Å². The molecule has 5 rings (SSSR count).